The van der Waals surface area contributed by atoms with Crippen LogP contribution in [0.5, 0.6) is 0 Å². The number of hydrogen-bond acceptors (Lipinski definition) is 6. The summed E-state index contributed by atoms with van der Waals surface area (Å²) in [5.41, 5.74) is 1.41. The van der Waals surface area contributed by atoms with Gasteiger partial charge in [0.25, 0.3) is 0 Å². The molecule has 0 atom stereocenters. The molecule has 1 aliphatic heterocycles. The largest absolute Gasteiger partial charge is 0.353 e. The second-order valence-corrected chi connectivity index (χ2v) is 8.25. The van der Waals surface area contributed by atoms with Gasteiger partial charge in [0, 0.05) is 49.5 Å². The lowest BCUT2D eigenvalue weighted by Crippen LogP contribution is -2.50. The van der Waals surface area contributed by atoms with Crippen molar-refractivity contribution in [3.05, 3.63) is 54.3 Å². The van der Waals surface area contributed by atoms with E-state index in [1.807, 2.05) is 12.1 Å². The van der Waals surface area contributed by atoms with Gasteiger partial charge in [-0.1, -0.05) is 18.0 Å². The van der Waals surface area contributed by atoms with E-state index in [2.05, 4.69) is 25.3 Å². The molecule has 166 valence electrons. The van der Waals surface area contributed by atoms with E-state index in [0.29, 0.717) is 43.6 Å². The Hall–Kier alpha value is -3.49. The third kappa shape index (κ3) is 4.42. The lowest BCUT2D eigenvalue weighted by molar-refractivity contribution is 0.208. The molecule has 3 heterocycles. The van der Waals surface area contributed by atoms with Crippen molar-refractivity contribution in [3.63, 3.8) is 0 Å². The molecule has 2 aromatic heterocycles. The van der Waals surface area contributed by atoms with Crippen LogP contribution in [0.15, 0.2) is 47.1 Å². The van der Waals surface area contributed by atoms with Gasteiger partial charge in [0.05, 0.1) is 0 Å². The van der Waals surface area contributed by atoms with Crippen LogP contribution < -0.4 is 10.2 Å². The highest BCUT2D eigenvalue weighted by Crippen LogP contribution is 2.33. The van der Waals surface area contributed by atoms with E-state index in [1.165, 1.54) is 25.0 Å². The minimum Gasteiger partial charge on any atom is -0.353 e. The number of rotatable bonds is 4. The summed E-state index contributed by atoms with van der Waals surface area (Å²) in [5, 5.41) is 6.93. The van der Waals surface area contributed by atoms with Crippen LogP contribution in [0.4, 0.5) is 20.7 Å². The Kier molecular flexibility index (Phi) is 5.70. The van der Waals surface area contributed by atoms with Crippen LogP contribution in [0.2, 0.25) is 0 Å². The number of nitrogens with one attached hydrogen (secondary N) is 1. The first-order valence-corrected chi connectivity index (χ1v) is 11.0. The Morgan fingerprint density at radius 3 is 2.47 bits per heavy atom. The van der Waals surface area contributed by atoms with Crippen molar-refractivity contribution in [1.82, 2.24) is 20.0 Å². The standard InChI is InChI=1S/C23H25FN6O2/c24-18-6-8-19(9-7-18)26-23(31)30-13-11-29(12-14-30)20-10-5-17(15-25-20)21-27-22(32-28-21)16-3-1-2-4-16/h5-10,15-16H,1-4,11-14H2,(H,26,31). The van der Waals surface area contributed by atoms with Crippen molar-refractivity contribution in [2.24, 2.45) is 0 Å². The average Bonchev–Trinajstić information content (AvgIpc) is 3.53. The molecule has 1 aromatic carbocycles. The SMILES string of the molecule is O=C(Nc1ccc(F)cc1)N1CCN(c2ccc(-c3noc(C4CCCC4)n3)cn2)CC1. The summed E-state index contributed by atoms with van der Waals surface area (Å²) in [6.07, 6.45) is 6.45. The van der Waals surface area contributed by atoms with E-state index >= 15 is 0 Å². The van der Waals surface area contributed by atoms with E-state index in [-0.39, 0.29) is 11.8 Å². The number of carbonyl (C=O) groups is 1. The highest BCUT2D eigenvalue weighted by Gasteiger charge is 2.24. The van der Waals surface area contributed by atoms with Gasteiger partial charge in [0.1, 0.15) is 11.6 Å². The molecule has 5 rings (SSSR count). The Labute approximate surface area is 185 Å². The predicted molar refractivity (Wildman–Crippen MR) is 118 cm³/mol. The second-order valence-electron chi connectivity index (χ2n) is 8.25. The fourth-order valence-corrected chi connectivity index (χ4v) is 4.27. The Bertz CT molecular complexity index is 1050. The molecular weight excluding hydrogens is 411 g/mol. The molecule has 0 bridgehead atoms. The first-order valence-electron chi connectivity index (χ1n) is 11.0. The minimum absolute atomic E-state index is 0.185. The van der Waals surface area contributed by atoms with Crippen LogP contribution in [-0.2, 0) is 0 Å². The zero-order valence-corrected chi connectivity index (χ0v) is 17.7. The van der Waals surface area contributed by atoms with Crippen molar-refractivity contribution >= 4 is 17.5 Å². The molecule has 1 N–H and O–H groups in total. The lowest BCUT2D eigenvalue weighted by atomic mass is 10.1. The number of benzene rings is 1. The molecule has 2 aliphatic rings. The first kappa shape index (κ1) is 20.4. The molecule has 32 heavy (non-hydrogen) atoms. The summed E-state index contributed by atoms with van der Waals surface area (Å²) in [5.74, 6) is 2.22. The highest BCUT2D eigenvalue weighted by atomic mass is 19.1. The third-order valence-electron chi connectivity index (χ3n) is 6.14. The normalized spacial score (nSPS) is 17.0. The molecule has 8 nitrogen and oxygen atoms in total. The summed E-state index contributed by atoms with van der Waals surface area (Å²) in [7, 11) is 0. The van der Waals surface area contributed by atoms with Crippen molar-refractivity contribution in [2.75, 3.05) is 36.4 Å². The van der Waals surface area contributed by atoms with E-state index in [0.717, 1.165) is 30.1 Å². The molecular formula is C23H25FN6O2. The predicted octanol–water partition coefficient (Wildman–Crippen LogP) is 4.28. The monoisotopic (exact) mass is 436 g/mol. The number of aromatic nitrogens is 3. The molecule has 0 unspecified atom stereocenters. The third-order valence-corrected chi connectivity index (χ3v) is 6.14. The number of hydrogen-bond donors (Lipinski definition) is 1. The molecule has 9 heteroatoms. The Morgan fingerprint density at radius 1 is 1.03 bits per heavy atom. The summed E-state index contributed by atoms with van der Waals surface area (Å²) >= 11 is 0. The number of carbonyl (C=O) groups excluding carboxylic acids is 1. The van der Waals surface area contributed by atoms with Crippen molar-refractivity contribution in [1.29, 1.82) is 0 Å². The number of urea groups is 1. The lowest BCUT2D eigenvalue weighted by Gasteiger charge is -2.35. The van der Waals surface area contributed by atoms with Gasteiger partial charge in [0.15, 0.2) is 0 Å². The zero-order valence-electron chi connectivity index (χ0n) is 17.7. The molecule has 0 spiro atoms. The van der Waals surface area contributed by atoms with Gasteiger partial charge in [-0.25, -0.2) is 14.2 Å². The van der Waals surface area contributed by atoms with Crippen LogP contribution in [0.1, 0.15) is 37.5 Å². The molecule has 1 saturated carbocycles. The minimum atomic E-state index is -0.330. The van der Waals surface area contributed by atoms with Gasteiger partial charge < -0.3 is 19.6 Å². The van der Waals surface area contributed by atoms with Crippen molar-refractivity contribution in [2.45, 2.75) is 31.6 Å². The maximum atomic E-state index is 13.0. The van der Waals surface area contributed by atoms with Crippen LogP contribution in [0.25, 0.3) is 11.4 Å². The van der Waals surface area contributed by atoms with Gasteiger partial charge in [-0.05, 0) is 49.2 Å². The molecule has 1 saturated heterocycles. The number of halogens is 1. The van der Waals surface area contributed by atoms with E-state index < -0.39 is 0 Å². The highest BCUT2D eigenvalue weighted by molar-refractivity contribution is 5.89. The number of nitrogens with zero attached hydrogens (tertiary/aromatic N) is 5. The van der Waals surface area contributed by atoms with Crippen LogP contribution in [0.3, 0.4) is 0 Å². The smallest absolute Gasteiger partial charge is 0.321 e. The number of amides is 2. The first-order chi connectivity index (χ1) is 15.7. The topological polar surface area (TPSA) is 87.4 Å². The summed E-state index contributed by atoms with van der Waals surface area (Å²) < 4.78 is 18.5. The number of anilines is 2. The number of pyridine rings is 1. The average molecular weight is 436 g/mol. The molecule has 2 fully saturated rings. The van der Waals surface area contributed by atoms with Crippen LogP contribution >= 0.6 is 0 Å². The summed E-state index contributed by atoms with van der Waals surface area (Å²) in [6.45, 7) is 2.51. The second kappa shape index (κ2) is 8.94. The summed E-state index contributed by atoms with van der Waals surface area (Å²) in [4.78, 5) is 25.5. The number of piperazine rings is 1. The van der Waals surface area contributed by atoms with Crippen molar-refractivity contribution < 1.29 is 13.7 Å². The molecule has 0 radical (unpaired) electrons. The van der Waals surface area contributed by atoms with Crippen molar-refractivity contribution in [3.8, 4) is 11.4 Å². The Morgan fingerprint density at radius 2 is 1.78 bits per heavy atom. The zero-order chi connectivity index (χ0) is 21.9. The fraction of sp³-hybridized carbons (Fsp3) is 0.391. The van der Waals surface area contributed by atoms with Crippen LogP contribution in [0, 0.1) is 5.82 Å². The maximum absolute atomic E-state index is 13.0. The quantitative estimate of drug-likeness (QED) is 0.657. The van der Waals surface area contributed by atoms with Gasteiger partial charge >= 0.3 is 6.03 Å². The molecule has 3 aromatic rings. The van der Waals surface area contributed by atoms with Gasteiger partial charge in [-0.15, -0.1) is 0 Å². The molecule has 1 aliphatic carbocycles. The van der Waals surface area contributed by atoms with E-state index in [1.54, 1.807) is 23.2 Å². The van der Waals surface area contributed by atoms with E-state index in [4.69, 9.17) is 4.52 Å². The van der Waals surface area contributed by atoms with Gasteiger partial charge in [0.2, 0.25) is 11.7 Å². The fourth-order valence-electron chi connectivity index (χ4n) is 4.27. The van der Waals surface area contributed by atoms with Gasteiger partial charge in [-0.3, -0.25) is 0 Å². The van der Waals surface area contributed by atoms with E-state index in [9.17, 15) is 9.18 Å². The maximum Gasteiger partial charge on any atom is 0.321 e. The Balaban J connectivity index is 1.16. The van der Waals surface area contributed by atoms with Gasteiger partial charge in [-0.2, -0.15) is 4.98 Å². The summed E-state index contributed by atoms with van der Waals surface area (Å²) in [6, 6.07) is 9.48. The molecule has 2 amide bonds. The van der Waals surface area contributed by atoms with Crippen LogP contribution in [-0.4, -0.2) is 52.2 Å².